The number of hydrogen-bond donors (Lipinski definition) is 0. The van der Waals surface area contributed by atoms with Crippen LogP contribution < -0.4 is 0 Å². The number of nitrogens with zero attached hydrogens (tertiary/aromatic N) is 2. The van der Waals surface area contributed by atoms with Gasteiger partial charge < -0.3 is 0 Å². The van der Waals surface area contributed by atoms with Crippen LogP contribution in [-0.4, -0.2) is 20.4 Å². The molecule has 0 aliphatic carbocycles. The van der Waals surface area contributed by atoms with E-state index in [1.165, 1.54) is 12.3 Å². The van der Waals surface area contributed by atoms with Crippen molar-refractivity contribution in [1.82, 2.24) is 9.97 Å². The van der Waals surface area contributed by atoms with Gasteiger partial charge in [0.1, 0.15) is 10.3 Å². The van der Waals surface area contributed by atoms with Crippen LogP contribution in [0.4, 0.5) is 0 Å². The first-order valence-electron chi connectivity index (χ1n) is 2.63. The Morgan fingerprint density at radius 2 is 1.82 bits per heavy atom. The minimum atomic E-state index is -1.24. The first-order valence-corrected chi connectivity index (χ1v) is 4.94. The molecule has 1 atom stereocenters. The third-order valence-corrected chi connectivity index (χ3v) is 1.98. The summed E-state index contributed by atoms with van der Waals surface area (Å²) < 4.78 is 10.8. The average molecular weight is 211 g/mol. The molecule has 0 aromatic carbocycles. The third-order valence-electron chi connectivity index (χ3n) is 0.900. The SMILES string of the molecule is C[S@@](=O)c1nc(Cl)cc(Cl)n1. The summed E-state index contributed by atoms with van der Waals surface area (Å²) in [7, 11) is -1.24. The minimum Gasteiger partial charge on any atom is -0.251 e. The molecular weight excluding hydrogens is 207 g/mol. The maximum atomic E-state index is 10.8. The van der Waals surface area contributed by atoms with Gasteiger partial charge in [-0.3, -0.25) is 4.21 Å². The van der Waals surface area contributed by atoms with Gasteiger partial charge in [0, 0.05) is 12.3 Å². The molecule has 0 unspecified atom stereocenters. The number of rotatable bonds is 1. The largest absolute Gasteiger partial charge is 0.251 e. The van der Waals surface area contributed by atoms with Gasteiger partial charge in [-0.05, 0) is 0 Å². The quantitative estimate of drug-likeness (QED) is 0.522. The van der Waals surface area contributed by atoms with Crippen molar-refractivity contribution in [2.75, 3.05) is 6.26 Å². The third kappa shape index (κ3) is 2.39. The Balaban J connectivity index is 3.19. The van der Waals surface area contributed by atoms with Crippen molar-refractivity contribution in [3.63, 3.8) is 0 Å². The average Bonchev–Trinajstić information content (AvgIpc) is 1.85. The molecule has 0 saturated carbocycles. The molecule has 0 spiro atoms. The monoisotopic (exact) mass is 210 g/mol. The van der Waals surface area contributed by atoms with E-state index in [0.717, 1.165) is 0 Å². The second-order valence-corrected chi connectivity index (χ2v) is 3.80. The molecule has 0 bridgehead atoms. The lowest BCUT2D eigenvalue weighted by Crippen LogP contribution is -1.96. The van der Waals surface area contributed by atoms with E-state index in [-0.39, 0.29) is 15.5 Å². The van der Waals surface area contributed by atoms with Gasteiger partial charge in [0.15, 0.2) is 0 Å². The molecule has 0 fully saturated rings. The normalized spacial score (nSPS) is 13.0. The lowest BCUT2D eigenvalue weighted by Gasteiger charge is -1.95. The van der Waals surface area contributed by atoms with E-state index in [2.05, 4.69) is 9.97 Å². The van der Waals surface area contributed by atoms with Gasteiger partial charge in [-0.2, -0.15) is 0 Å². The molecule has 3 nitrogen and oxygen atoms in total. The molecule has 60 valence electrons. The lowest BCUT2D eigenvalue weighted by molar-refractivity contribution is 0.679. The summed E-state index contributed by atoms with van der Waals surface area (Å²) in [5.74, 6) is 0. The van der Waals surface area contributed by atoms with Crippen LogP contribution >= 0.6 is 23.2 Å². The Hall–Kier alpha value is -0.190. The van der Waals surface area contributed by atoms with E-state index in [0.29, 0.717) is 0 Å². The van der Waals surface area contributed by atoms with Gasteiger partial charge in [0.25, 0.3) is 0 Å². The van der Waals surface area contributed by atoms with Crippen LogP contribution in [0.2, 0.25) is 10.3 Å². The van der Waals surface area contributed by atoms with Crippen molar-refractivity contribution in [3.05, 3.63) is 16.4 Å². The van der Waals surface area contributed by atoms with Crippen molar-refractivity contribution in [3.8, 4) is 0 Å². The van der Waals surface area contributed by atoms with Gasteiger partial charge in [0.05, 0.1) is 10.8 Å². The first-order chi connectivity index (χ1) is 5.09. The molecule has 1 rings (SSSR count). The molecule has 1 aromatic heterocycles. The Kier molecular flexibility index (Phi) is 2.81. The van der Waals surface area contributed by atoms with Gasteiger partial charge in [-0.25, -0.2) is 9.97 Å². The smallest absolute Gasteiger partial charge is 0.221 e. The number of hydrogen-bond acceptors (Lipinski definition) is 3. The zero-order valence-electron chi connectivity index (χ0n) is 5.54. The van der Waals surface area contributed by atoms with Crippen molar-refractivity contribution < 1.29 is 4.21 Å². The van der Waals surface area contributed by atoms with Crippen LogP contribution in [0, 0.1) is 0 Å². The standard InChI is InChI=1S/C5H4Cl2N2OS/c1-11(10)5-8-3(6)2-4(7)9-5/h2H,1H3/t11-/m1/s1. The predicted molar refractivity (Wildman–Crippen MR) is 44.4 cm³/mol. The molecule has 0 amide bonds. The van der Waals surface area contributed by atoms with Crippen molar-refractivity contribution in [1.29, 1.82) is 0 Å². The summed E-state index contributed by atoms with van der Waals surface area (Å²) in [5.41, 5.74) is 0. The molecule has 1 aromatic rings. The zero-order chi connectivity index (χ0) is 8.43. The van der Waals surface area contributed by atoms with Crippen molar-refractivity contribution in [2.24, 2.45) is 0 Å². The summed E-state index contributed by atoms with van der Waals surface area (Å²) in [4.78, 5) is 7.41. The molecule has 6 heteroatoms. The highest BCUT2D eigenvalue weighted by Gasteiger charge is 2.03. The highest BCUT2D eigenvalue weighted by Crippen LogP contribution is 2.12. The molecule has 1 heterocycles. The fraction of sp³-hybridized carbons (Fsp3) is 0.200. The molecule has 0 aliphatic rings. The van der Waals surface area contributed by atoms with Crippen LogP contribution in [0.25, 0.3) is 0 Å². The maximum absolute atomic E-state index is 10.8. The van der Waals surface area contributed by atoms with Crippen molar-refractivity contribution in [2.45, 2.75) is 5.16 Å². The topological polar surface area (TPSA) is 42.9 Å². The highest BCUT2D eigenvalue weighted by molar-refractivity contribution is 7.84. The van der Waals surface area contributed by atoms with Gasteiger partial charge in [-0.15, -0.1) is 0 Å². The molecule has 0 aliphatic heterocycles. The number of halogens is 2. The van der Waals surface area contributed by atoms with Crippen LogP contribution in [0.15, 0.2) is 11.2 Å². The zero-order valence-corrected chi connectivity index (χ0v) is 7.87. The molecule has 11 heavy (non-hydrogen) atoms. The van der Waals surface area contributed by atoms with Gasteiger partial charge >= 0.3 is 0 Å². The highest BCUT2D eigenvalue weighted by atomic mass is 35.5. The van der Waals surface area contributed by atoms with E-state index in [1.807, 2.05) is 0 Å². The molecule has 0 saturated heterocycles. The number of aromatic nitrogens is 2. The minimum absolute atomic E-state index is 0.155. The fourth-order valence-corrected chi connectivity index (χ4v) is 1.48. The van der Waals surface area contributed by atoms with Crippen LogP contribution in [0.1, 0.15) is 0 Å². The van der Waals surface area contributed by atoms with Crippen LogP contribution in [0.3, 0.4) is 0 Å². The Morgan fingerprint density at radius 3 is 2.18 bits per heavy atom. The summed E-state index contributed by atoms with van der Waals surface area (Å²) in [6, 6.07) is 1.39. The summed E-state index contributed by atoms with van der Waals surface area (Å²) in [6.07, 6.45) is 1.46. The fourth-order valence-electron chi connectivity index (χ4n) is 0.499. The molecule has 0 radical (unpaired) electrons. The predicted octanol–water partition coefficient (Wildman–Crippen LogP) is 1.52. The first kappa shape index (κ1) is 8.90. The Labute approximate surface area is 76.2 Å². The van der Waals surface area contributed by atoms with E-state index < -0.39 is 10.8 Å². The van der Waals surface area contributed by atoms with Gasteiger partial charge in [0.2, 0.25) is 5.16 Å². The van der Waals surface area contributed by atoms with Crippen molar-refractivity contribution >= 4 is 34.0 Å². The van der Waals surface area contributed by atoms with E-state index in [9.17, 15) is 4.21 Å². The van der Waals surface area contributed by atoms with Crippen LogP contribution in [0.5, 0.6) is 0 Å². The van der Waals surface area contributed by atoms with Gasteiger partial charge in [-0.1, -0.05) is 23.2 Å². The summed E-state index contributed by atoms with van der Waals surface area (Å²) in [6.45, 7) is 0. The Bertz CT molecular complexity index is 284. The molecule has 0 N–H and O–H groups in total. The summed E-state index contributed by atoms with van der Waals surface area (Å²) >= 11 is 11.0. The maximum Gasteiger partial charge on any atom is 0.221 e. The lowest BCUT2D eigenvalue weighted by atomic mass is 10.7. The van der Waals surface area contributed by atoms with E-state index >= 15 is 0 Å². The van der Waals surface area contributed by atoms with Crippen LogP contribution in [-0.2, 0) is 10.8 Å². The molecular formula is C5H4Cl2N2OS. The van der Waals surface area contributed by atoms with E-state index in [1.54, 1.807) is 0 Å². The van der Waals surface area contributed by atoms with E-state index in [4.69, 9.17) is 23.2 Å². The second-order valence-electron chi connectivity index (χ2n) is 1.75. The Morgan fingerprint density at radius 1 is 1.36 bits per heavy atom. The summed E-state index contributed by atoms with van der Waals surface area (Å²) in [5, 5.41) is 0.563. The second kappa shape index (κ2) is 3.47.